The maximum atomic E-state index is 9.85. The van der Waals surface area contributed by atoms with E-state index >= 15 is 0 Å². The van der Waals surface area contributed by atoms with E-state index in [9.17, 15) is 5.26 Å². The number of hydrogen-bond donors (Lipinski definition) is 1. The maximum Gasteiger partial charge on any atom is 0.229 e. The zero-order valence-corrected chi connectivity index (χ0v) is 16.6. The van der Waals surface area contributed by atoms with E-state index < -0.39 is 5.92 Å². The Bertz CT molecular complexity index is 1140. The van der Waals surface area contributed by atoms with Crippen LogP contribution < -0.4 is 15.2 Å². The number of nitrogens with zero attached hydrogens (tertiary/aromatic N) is 3. The van der Waals surface area contributed by atoms with E-state index in [0.717, 1.165) is 33.8 Å². The predicted octanol–water partition coefficient (Wildman–Crippen LogP) is 4.11. The van der Waals surface area contributed by atoms with Gasteiger partial charge in [-0.1, -0.05) is 35.9 Å². The zero-order chi connectivity index (χ0) is 20.5. The molecule has 1 atom stereocenters. The van der Waals surface area contributed by atoms with Gasteiger partial charge in [0.2, 0.25) is 11.8 Å². The molecule has 6 heteroatoms. The molecule has 0 aliphatic carbocycles. The van der Waals surface area contributed by atoms with Crippen LogP contribution in [0.5, 0.6) is 11.6 Å². The van der Waals surface area contributed by atoms with Crippen LogP contribution in [-0.2, 0) is 0 Å². The lowest BCUT2D eigenvalue weighted by molar-refractivity contribution is 0.333. The molecule has 146 valence electrons. The summed E-state index contributed by atoms with van der Waals surface area (Å²) in [5, 5.41) is 14.6. The first-order valence-electron chi connectivity index (χ1n) is 9.51. The van der Waals surface area contributed by atoms with Crippen LogP contribution in [0.4, 0.5) is 0 Å². The standard InChI is InChI=1S/C23H22N4O2/c1-4-28-19-8-6-5-7-17(19)21-18(13-24)22(25)29-23-20(21)15(3)26-27(23)16-11-9-14(2)10-12-16/h5-12,21H,4,25H2,1-3H3/t21-/m1/s1. The number of nitrogens with two attached hydrogens (primary N) is 1. The topological polar surface area (TPSA) is 86.1 Å². The van der Waals surface area contributed by atoms with E-state index in [1.165, 1.54) is 0 Å². The van der Waals surface area contributed by atoms with Crippen molar-refractivity contribution in [3.8, 4) is 23.4 Å². The molecule has 0 fully saturated rings. The Kier molecular flexibility index (Phi) is 4.73. The lowest BCUT2D eigenvalue weighted by Crippen LogP contribution is -2.22. The van der Waals surface area contributed by atoms with Gasteiger partial charge in [0.05, 0.1) is 29.5 Å². The number of allylic oxidation sites excluding steroid dienone is 1. The molecular weight excluding hydrogens is 364 g/mol. The van der Waals surface area contributed by atoms with Crippen LogP contribution >= 0.6 is 0 Å². The number of aryl methyl sites for hydroxylation is 2. The van der Waals surface area contributed by atoms with E-state index in [4.69, 9.17) is 20.3 Å². The minimum atomic E-state index is -0.411. The number of rotatable bonds is 4. The molecule has 1 aliphatic rings. The van der Waals surface area contributed by atoms with E-state index in [-0.39, 0.29) is 5.88 Å². The average Bonchev–Trinajstić information content (AvgIpc) is 3.04. The fourth-order valence-corrected chi connectivity index (χ4v) is 3.69. The molecule has 2 N–H and O–H groups in total. The second kappa shape index (κ2) is 7.36. The van der Waals surface area contributed by atoms with Gasteiger partial charge in [-0.2, -0.15) is 10.4 Å². The summed E-state index contributed by atoms with van der Waals surface area (Å²) in [6.07, 6.45) is 0. The van der Waals surface area contributed by atoms with Crippen LogP contribution in [0.3, 0.4) is 0 Å². The molecule has 1 aliphatic heterocycles. The summed E-state index contributed by atoms with van der Waals surface area (Å²) in [5.74, 6) is 0.922. The number of fused-ring (bicyclic) bond motifs is 1. The summed E-state index contributed by atoms with van der Waals surface area (Å²) in [4.78, 5) is 0. The fraction of sp³-hybridized carbons (Fsp3) is 0.217. The number of para-hydroxylation sites is 1. The molecule has 0 unspecified atom stereocenters. The van der Waals surface area contributed by atoms with Gasteiger partial charge in [0.25, 0.3) is 0 Å². The molecule has 0 radical (unpaired) electrons. The van der Waals surface area contributed by atoms with Gasteiger partial charge in [0.1, 0.15) is 17.4 Å². The zero-order valence-electron chi connectivity index (χ0n) is 16.6. The molecule has 0 amide bonds. The van der Waals surface area contributed by atoms with Crippen LogP contribution in [0.15, 0.2) is 60.0 Å². The number of nitriles is 1. The lowest BCUT2D eigenvalue weighted by Gasteiger charge is -2.26. The van der Waals surface area contributed by atoms with Gasteiger partial charge >= 0.3 is 0 Å². The van der Waals surface area contributed by atoms with Gasteiger partial charge in [-0.3, -0.25) is 0 Å². The third kappa shape index (κ3) is 3.11. The van der Waals surface area contributed by atoms with Crippen molar-refractivity contribution in [2.45, 2.75) is 26.7 Å². The predicted molar refractivity (Wildman–Crippen MR) is 110 cm³/mol. The van der Waals surface area contributed by atoms with Crippen LogP contribution in [0.2, 0.25) is 0 Å². The van der Waals surface area contributed by atoms with E-state index in [1.807, 2.05) is 69.3 Å². The second-order valence-electron chi connectivity index (χ2n) is 6.95. The van der Waals surface area contributed by atoms with Gasteiger partial charge < -0.3 is 15.2 Å². The van der Waals surface area contributed by atoms with Gasteiger partial charge in [0.15, 0.2) is 0 Å². The van der Waals surface area contributed by atoms with E-state index in [1.54, 1.807) is 4.68 Å². The Labute approximate surface area is 169 Å². The summed E-state index contributed by atoms with van der Waals surface area (Å²) < 4.78 is 13.5. The van der Waals surface area contributed by atoms with Crippen LogP contribution in [0, 0.1) is 25.2 Å². The molecule has 6 nitrogen and oxygen atoms in total. The van der Waals surface area contributed by atoms with Crippen molar-refractivity contribution in [1.29, 1.82) is 5.26 Å². The quantitative estimate of drug-likeness (QED) is 0.729. The number of benzene rings is 2. The molecule has 3 aromatic rings. The van der Waals surface area contributed by atoms with Gasteiger partial charge in [0, 0.05) is 5.56 Å². The second-order valence-corrected chi connectivity index (χ2v) is 6.95. The Morgan fingerprint density at radius 1 is 1.17 bits per heavy atom. The highest BCUT2D eigenvalue weighted by Gasteiger charge is 2.37. The highest BCUT2D eigenvalue weighted by atomic mass is 16.5. The maximum absolute atomic E-state index is 9.85. The Balaban J connectivity index is 1.95. The summed E-state index contributed by atoms with van der Waals surface area (Å²) in [5.41, 5.74) is 11.0. The van der Waals surface area contributed by atoms with Gasteiger partial charge in [-0.25, -0.2) is 4.68 Å². The van der Waals surface area contributed by atoms with E-state index in [2.05, 4.69) is 6.07 Å². The highest BCUT2D eigenvalue weighted by Crippen LogP contribution is 2.46. The van der Waals surface area contributed by atoms with E-state index in [0.29, 0.717) is 18.1 Å². The van der Waals surface area contributed by atoms with Crippen molar-refractivity contribution in [1.82, 2.24) is 9.78 Å². The van der Waals surface area contributed by atoms with Crippen LogP contribution in [-0.4, -0.2) is 16.4 Å². The third-order valence-electron chi connectivity index (χ3n) is 5.04. The number of aromatic nitrogens is 2. The van der Waals surface area contributed by atoms with Crippen molar-refractivity contribution in [3.05, 3.63) is 82.4 Å². The molecule has 4 rings (SSSR count). The highest BCUT2D eigenvalue weighted by molar-refractivity contribution is 5.59. The van der Waals surface area contributed by atoms with Gasteiger partial charge in [-0.15, -0.1) is 0 Å². The lowest BCUT2D eigenvalue weighted by atomic mass is 9.83. The van der Waals surface area contributed by atoms with Crippen LogP contribution in [0.1, 0.15) is 35.2 Å². The molecular formula is C23H22N4O2. The first-order chi connectivity index (χ1) is 14.0. The average molecular weight is 386 g/mol. The molecule has 0 saturated carbocycles. The number of ether oxygens (including phenoxy) is 2. The molecule has 2 heterocycles. The smallest absolute Gasteiger partial charge is 0.229 e. The first kappa shape index (κ1) is 18.6. The minimum Gasteiger partial charge on any atom is -0.494 e. The summed E-state index contributed by atoms with van der Waals surface area (Å²) in [7, 11) is 0. The Morgan fingerprint density at radius 2 is 1.90 bits per heavy atom. The SMILES string of the molecule is CCOc1ccccc1[C@@H]1C(C#N)=C(N)Oc2c1c(C)nn2-c1ccc(C)cc1. The minimum absolute atomic E-state index is 0.0876. The summed E-state index contributed by atoms with van der Waals surface area (Å²) in [6.45, 7) is 6.41. The largest absolute Gasteiger partial charge is 0.494 e. The summed E-state index contributed by atoms with van der Waals surface area (Å²) >= 11 is 0. The van der Waals surface area contributed by atoms with Crippen molar-refractivity contribution in [3.63, 3.8) is 0 Å². The van der Waals surface area contributed by atoms with Crippen molar-refractivity contribution >= 4 is 0 Å². The molecule has 0 saturated heterocycles. The van der Waals surface area contributed by atoms with Crippen molar-refractivity contribution < 1.29 is 9.47 Å². The molecule has 29 heavy (non-hydrogen) atoms. The Morgan fingerprint density at radius 3 is 2.59 bits per heavy atom. The van der Waals surface area contributed by atoms with Gasteiger partial charge in [-0.05, 0) is 39.0 Å². The normalized spacial score (nSPS) is 15.4. The van der Waals surface area contributed by atoms with Crippen molar-refractivity contribution in [2.24, 2.45) is 5.73 Å². The molecule has 0 spiro atoms. The number of hydrogen-bond acceptors (Lipinski definition) is 5. The summed E-state index contributed by atoms with van der Waals surface area (Å²) in [6, 6.07) is 17.9. The van der Waals surface area contributed by atoms with Crippen LogP contribution in [0.25, 0.3) is 5.69 Å². The fourth-order valence-electron chi connectivity index (χ4n) is 3.69. The molecule has 0 bridgehead atoms. The monoisotopic (exact) mass is 386 g/mol. The Hall–Kier alpha value is -3.72. The third-order valence-corrected chi connectivity index (χ3v) is 5.04. The molecule has 1 aromatic heterocycles. The van der Waals surface area contributed by atoms with Crippen molar-refractivity contribution in [2.75, 3.05) is 6.61 Å². The molecule has 2 aromatic carbocycles. The first-order valence-corrected chi connectivity index (χ1v) is 9.51.